The molecule has 9 nitrogen and oxygen atoms in total. The number of amides is 2. The molecule has 0 bridgehead atoms. The van der Waals surface area contributed by atoms with Gasteiger partial charge in [0.05, 0.1) is 23.1 Å². The van der Waals surface area contributed by atoms with Gasteiger partial charge in [0.2, 0.25) is 17.6 Å². The van der Waals surface area contributed by atoms with Crippen molar-refractivity contribution in [3.63, 3.8) is 0 Å². The van der Waals surface area contributed by atoms with Gasteiger partial charge in [0.15, 0.2) is 0 Å². The standard InChI is InChI=1S/C19H22FN3O6/c1-2-29-18(26)19(7-3-4-8-19)21-17(25)12-9-16(24)22(11-12)13-5-6-14(20)15(10-13)23(27)28/h5-6,10,12H,2-4,7-9,11H2,1H3,(H,21,25). The first-order valence-corrected chi connectivity index (χ1v) is 9.51. The number of carbonyl (C=O) groups excluding carboxylic acids is 3. The number of hydrogen-bond donors (Lipinski definition) is 1. The highest BCUT2D eigenvalue weighted by atomic mass is 19.1. The zero-order chi connectivity index (χ0) is 21.2. The molecule has 1 saturated carbocycles. The Morgan fingerprint density at radius 3 is 2.69 bits per heavy atom. The fraction of sp³-hybridized carbons (Fsp3) is 0.526. The minimum Gasteiger partial charge on any atom is -0.464 e. The zero-order valence-corrected chi connectivity index (χ0v) is 16.0. The lowest BCUT2D eigenvalue weighted by Gasteiger charge is -2.29. The molecule has 10 heteroatoms. The Morgan fingerprint density at radius 2 is 2.07 bits per heavy atom. The van der Waals surface area contributed by atoms with Gasteiger partial charge in [-0.3, -0.25) is 19.7 Å². The molecule has 1 N–H and O–H groups in total. The van der Waals surface area contributed by atoms with Crippen LogP contribution in [0.1, 0.15) is 39.0 Å². The van der Waals surface area contributed by atoms with E-state index >= 15 is 0 Å². The van der Waals surface area contributed by atoms with Crippen LogP contribution in [0.5, 0.6) is 0 Å². The van der Waals surface area contributed by atoms with Crippen molar-refractivity contribution in [2.45, 2.75) is 44.6 Å². The van der Waals surface area contributed by atoms with Gasteiger partial charge in [-0.2, -0.15) is 4.39 Å². The van der Waals surface area contributed by atoms with Crippen LogP contribution in [-0.2, 0) is 19.1 Å². The molecule has 3 rings (SSSR count). The van der Waals surface area contributed by atoms with Crippen molar-refractivity contribution in [3.8, 4) is 0 Å². The number of hydrogen-bond acceptors (Lipinski definition) is 6. The second kappa shape index (κ2) is 8.14. The van der Waals surface area contributed by atoms with E-state index in [1.54, 1.807) is 6.92 Å². The highest BCUT2D eigenvalue weighted by Gasteiger charge is 2.46. The predicted molar refractivity (Wildman–Crippen MR) is 99.5 cm³/mol. The first kappa shape index (κ1) is 20.7. The molecule has 1 aromatic rings. The van der Waals surface area contributed by atoms with E-state index in [9.17, 15) is 28.9 Å². The van der Waals surface area contributed by atoms with Gasteiger partial charge in [0.1, 0.15) is 5.54 Å². The molecule has 2 aliphatic rings. The molecule has 1 aromatic carbocycles. The minimum atomic E-state index is -1.07. The maximum absolute atomic E-state index is 13.6. The number of nitrogens with one attached hydrogen (secondary N) is 1. The van der Waals surface area contributed by atoms with Gasteiger partial charge in [-0.05, 0) is 31.9 Å². The van der Waals surface area contributed by atoms with Gasteiger partial charge in [-0.25, -0.2) is 4.79 Å². The Morgan fingerprint density at radius 1 is 1.38 bits per heavy atom. The van der Waals surface area contributed by atoms with E-state index in [0.717, 1.165) is 25.0 Å². The summed E-state index contributed by atoms with van der Waals surface area (Å²) in [7, 11) is 0. The Hall–Kier alpha value is -3.04. The lowest BCUT2D eigenvalue weighted by atomic mass is 9.95. The van der Waals surface area contributed by atoms with Crippen LogP contribution in [0.3, 0.4) is 0 Å². The molecule has 1 atom stereocenters. The number of halogens is 1. The Bertz CT molecular complexity index is 852. The fourth-order valence-corrected chi connectivity index (χ4v) is 3.91. The highest BCUT2D eigenvalue weighted by molar-refractivity contribution is 6.01. The smallest absolute Gasteiger partial charge is 0.331 e. The second-order valence-electron chi connectivity index (χ2n) is 7.30. The van der Waals surface area contributed by atoms with Crippen LogP contribution in [0.2, 0.25) is 0 Å². The zero-order valence-electron chi connectivity index (χ0n) is 16.0. The summed E-state index contributed by atoms with van der Waals surface area (Å²) in [5, 5.41) is 13.7. The van der Waals surface area contributed by atoms with Gasteiger partial charge in [0.25, 0.3) is 0 Å². The van der Waals surface area contributed by atoms with Crippen molar-refractivity contribution in [2.75, 3.05) is 18.1 Å². The van der Waals surface area contributed by atoms with Crippen LogP contribution in [0.15, 0.2) is 18.2 Å². The third-order valence-corrected chi connectivity index (χ3v) is 5.42. The molecular formula is C19H22FN3O6. The Balaban J connectivity index is 1.74. The summed E-state index contributed by atoms with van der Waals surface area (Å²) in [5.74, 6) is -3.04. The molecule has 0 aromatic heterocycles. The summed E-state index contributed by atoms with van der Waals surface area (Å²) in [5.41, 5.74) is -1.66. The number of rotatable bonds is 6. The maximum atomic E-state index is 13.6. The quantitative estimate of drug-likeness (QED) is 0.438. The lowest BCUT2D eigenvalue weighted by Crippen LogP contribution is -2.55. The van der Waals surface area contributed by atoms with Crippen molar-refractivity contribution in [3.05, 3.63) is 34.1 Å². The van der Waals surface area contributed by atoms with Gasteiger partial charge in [-0.1, -0.05) is 12.8 Å². The number of nitrogens with zero attached hydrogens (tertiary/aromatic N) is 2. The molecule has 1 aliphatic carbocycles. The van der Waals surface area contributed by atoms with E-state index in [1.807, 2.05) is 0 Å². The third kappa shape index (κ3) is 4.06. The summed E-state index contributed by atoms with van der Waals surface area (Å²) in [6.07, 6.45) is 2.43. The molecule has 0 radical (unpaired) electrons. The fourth-order valence-electron chi connectivity index (χ4n) is 3.91. The summed E-state index contributed by atoms with van der Waals surface area (Å²) in [6.45, 7) is 1.89. The van der Waals surface area contributed by atoms with Crippen LogP contribution in [0.25, 0.3) is 0 Å². The molecule has 1 saturated heterocycles. The number of carbonyl (C=O) groups is 3. The van der Waals surface area contributed by atoms with E-state index in [0.29, 0.717) is 12.8 Å². The number of benzene rings is 1. The van der Waals surface area contributed by atoms with Crippen LogP contribution >= 0.6 is 0 Å². The number of nitro benzene ring substituents is 1. The SMILES string of the molecule is CCOC(=O)C1(NC(=O)C2CC(=O)N(c3ccc(F)c([N+](=O)[O-])c3)C2)CCCC1. The molecule has 1 heterocycles. The van der Waals surface area contributed by atoms with E-state index < -0.39 is 45.7 Å². The highest BCUT2D eigenvalue weighted by Crippen LogP contribution is 2.33. The lowest BCUT2D eigenvalue weighted by molar-refractivity contribution is -0.387. The van der Waals surface area contributed by atoms with Gasteiger partial charge in [0, 0.05) is 19.0 Å². The van der Waals surface area contributed by atoms with Crippen molar-refractivity contribution >= 4 is 29.2 Å². The molecule has 0 spiro atoms. The monoisotopic (exact) mass is 407 g/mol. The summed E-state index contributed by atoms with van der Waals surface area (Å²) < 4.78 is 18.7. The molecular weight excluding hydrogens is 385 g/mol. The van der Waals surface area contributed by atoms with Gasteiger partial charge >= 0.3 is 11.7 Å². The van der Waals surface area contributed by atoms with Crippen LogP contribution in [-0.4, -0.2) is 41.4 Å². The number of anilines is 1. The average Bonchev–Trinajstić information content (AvgIpc) is 3.30. The van der Waals surface area contributed by atoms with Crippen molar-refractivity contribution in [2.24, 2.45) is 5.92 Å². The van der Waals surface area contributed by atoms with Gasteiger partial charge in [-0.15, -0.1) is 0 Å². The molecule has 1 unspecified atom stereocenters. The topological polar surface area (TPSA) is 119 Å². The molecule has 2 fully saturated rings. The van der Waals surface area contributed by atoms with E-state index in [1.165, 1.54) is 11.0 Å². The van der Waals surface area contributed by atoms with Gasteiger partial charge < -0.3 is 15.0 Å². The largest absolute Gasteiger partial charge is 0.464 e. The number of ether oxygens (including phenoxy) is 1. The molecule has 2 amide bonds. The Labute approximate surface area is 166 Å². The van der Waals surface area contributed by atoms with E-state index in [4.69, 9.17) is 4.74 Å². The second-order valence-corrected chi connectivity index (χ2v) is 7.30. The molecule has 29 heavy (non-hydrogen) atoms. The predicted octanol–water partition coefficient (Wildman–Crippen LogP) is 2.08. The van der Waals surface area contributed by atoms with Crippen molar-refractivity contribution in [1.29, 1.82) is 0 Å². The number of esters is 1. The normalized spacial score (nSPS) is 20.6. The van der Waals surface area contributed by atoms with Crippen LogP contribution in [0.4, 0.5) is 15.8 Å². The third-order valence-electron chi connectivity index (χ3n) is 5.42. The number of nitro groups is 1. The Kier molecular flexibility index (Phi) is 5.81. The molecule has 156 valence electrons. The first-order chi connectivity index (χ1) is 13.8. The summed E-state index contributed by atoms with van der Waals surface area (Å²) in [6, 6.07) is 3.16. The van der Waals surface area contributed by atoms with Crippen molar-refractivity contribution in [1.82, 2.24) is 5.32 Å². The van der Waals surface area contributed by atoms with Crippen LogP contribution in [0, 0.1) is 21.8 Å². The average molecular weight is 407 g/mol. The summed E-state index contributed by atoms with van der Waals surface area (Å²) >= 11 is 0. The summed E-state index contributed by atoms with van der Waals surface area (Å²) in [4.78, 5) is 48.9. The van der Waals surface area contributed by atoms with E-state index in [-0.39, 0.29) is 25.3 Å². The minimum absolute atomic E-state index is 0.00758. The molecule has 1 aliphatic heterocycles. The first-order valence-electron chi connectivity index (χ1n) is 9.51. The van der Waals surface area contributed by atoms with E-state index in [2.05, 4.69) is 5.32 Å². The van der Waals surface area contributed by atoms with Crippen molar-refractivity contribution < 1.29 is 28.4 Å². The maximum Gasteiger partial charge on any atom is 0.331 e. The van der Waals surface area contributed by atoms with Crippen LogP contribution < -0.4 is 10.2 Å².